The first-order valence-corrected chi connectivity index (χ1v) is 12.7. The minimum Gasteiger partial charge on any atom is -0.493 e. The highest BCUT2D eigenvalue weighted by atomic mass is 32.2. The lowest BCUT2D eigenvalue weighted by atomic mass is 10.3. The van der Waals surface area contributed by atoms with Crippen LogP contribution in [0.1, 0.15) is 0 Å². The predicted octanol–water partition coefficient (Wildman–Crippen LogP) is 4.86. The topological polar surface area (TPSA) is 98.1 Å². The minimum atomic E-state index is -4.08. The second-order valence-electron chi connectivity index (χ2n) is 6.60. The first kappa shape index (κ1) is 24.3. The third-order valence-electron chi connectivity index (χ3n) is 4.37. The fourth-order valence-electron chi connectivity index (χ4n) is 2.88. The van der Waals surface area contributed by atoms with Gasteiger partial charge in [-0.15, -0.1) is 0 Å². The maximum Gasteiger partial charge on any atom is 0.446 e. The van der Waals surface area contributed by atoms with Crippen LogP contribution >= 0.6 is 7.60 Å². The number of benzene rings is 3. The van der Waals surface area contributed by atoms with Crippen molar-refractivity contribution in [3.8, 4) is 29.1 Å². The van der Waals surface area contributed by atoms with Crippen LogP contribution in [-0.4, -0.2) is 35.6 Å². The summed E-state index contributed by atoms with van der Waals surface area (Å²) in [6, 6.07) is 23.9. The molecule has 33 heavy (non-hydrogen) atoms. The van der Waals surface area contributed by atoms with Crippen LogP contribution in [0.15, 0.2) is 83.8 Å². The van der Waals surface area contributed by atoms with Crippen molar-refractivity contribution in [3.05, 3.63) is 78.9 Å². The average molecular weight is 486 g/mol. The summed E-state index contributed by atoms with van der Waals surface area (Å²) in [5, 5.41) is 9.34. The van der Waals surface area contributed by atoms with Crippen LogP contribution in [0.25, 0.3) is 0 Å². The Labute approximate surface area is 195 Å². The molecule has 0 spiro atoms. The Kier molecular flexibility index (Phi) is 8.50. The van der Waals surface area contributed by atoms with Gasteiger partial charge in [-0.3, -0.25) is 0 Å². The Bertz CT molecular complexity index is 1130. The second-order valence-corrected chi connectivity index (χ2v) is 9.95. The van der Waals surface area contributed by atoms with E-state index < -0.39 is 24.9 Å². The highest BCUT2D eigenvalue weighted by Gasteiger charge is 2.35. The molecule has 3 aromatic rings. The molecule has 1 unspecified atom stereocenters. The first-order chi connectivity index (χ1) is 16.0. The number of para-hydroxylation sites is 4. The van der Waals surface area contributed by atoms with Crippen LogP contribution in [0.5, 0.6) is 23.0 Å². The Morgan fingerprint density at radius 1 is 0.818 bits per heavy atom. The van der Waals surface area contributed by atoms with Gasteiger partial charge in [-0.2, -0.15) is 9.57 Å². The molecule has 0 amide bonds. The average Bonchev–Trinajstić information content (AvgIpc) is 2.84. The molecule has 0 bridgehead atoms. The van der Waals surface area contributed by atoms with E-state index in [-0.39, 0.29) is 18.0 Å². The van der Waals surface area contributed by atoms with Gasteiger partial charge in [0.2, 0.25) is 0 Å². The molecule has 0 radical (unpaired) electrons. The van der Waals surface area contributed by atoms with E-state index in [4.69, 9.17) is 18.5 Å². The third-order valence-corrected chi connectivity index (χ3v) is 7.60. The van der Waals surface area contributed by atoms with Crippen molar-refractivity contribution in [1.29, 1.82) is 5.26 Å². The smallest absolute Gasteiger partial charge is 0.446 e. The summed E-state index contributed by atoms with van der Waals surface area (Å²) in [7, 11) is -2.95. The fourth-order valence-corrected chi connectivity index (χ4v) is 6.13. The van der Waals surface area contributed by atoms with Crippen molar-refractivity contribution >= 4 is 18.6 Å². The van der Waals surface area contributed by atoms with Crippen LogP contribution in [-0.2, 0) is 15.6 Å². The lowest BCUT2D eigenvalue weighted by Gasteiger charge is -2.26. The summed E-state index contributed by atoms with van der Waals surface area (Å²) in [6.45, 7) is -0.268. The highest BCUT2D eigenvalue weighted by molar-refractivity contribution is 7.83. The molecule has 1 atom stereocenters. The standard InChI is InChI=1S/C23H23N2O6PS/c1-28-20-12-6-8-14-22(20)30-32(26,31-23-15-9-7-13-21(23)29-2)18-25(17-16-24)33(27)19-10-4-3-5-11-19/h3-15H,17-18H2,1-2H3. The molecule has 172 valence electrons. The molecular weight excluding hydrogens is 463 g/mol. The molecule has 0 aromatic heterocycles. The van der Waals surface area contributed by atoms with Gasteiger partial charge in [-0.25, -0.2) is 8.77 Å². The SMILES string of the molecule is COc1ccccc1OP(=O)(CN(CC#N)S(=O)c1ccccc1)Oc1ccccc1OC. The molecule has 3 rings (SSSR count). The summed E-state index contributed by atoms with van der Waals surface area (Å²) in [5.74, 6) is 1.05. The summed E-state index contributed by atoms with van der Waals surface area (Å²) in [4.78, 5) is 0.453. The lowest BCUT2D eigenvalue weighted by Crippen LogP contribution is -2.30. The largest absolute Gasteiger partial charge is 0.493 e. The number of rotatable bonds is 11. The Hall–Kier alpha value is -3.31. The quantitative estimate of drug-likeness (QED) is 0.282. The molecule has 0 saturated heterocycles. The molecule has 0 saturated carbocycles. The zero-order chi connectivity index (χ0) is 23.7. The molecule has 3 aromatic carbocycles. The van der Waals surface area contributed by atoms with Gasteiger partial charge in [-0.1, -0.05) is 42.5 Å². The van der Waals surface area contributed by atoms with Crippen LogP contribution in [0, 0.1) is 11.3 Å². The van der Waals surface area contributed by atoms with E-state index in [9.17, 15) is 14.0 Å². The molecule has 0 heterocycles. The van der Waals surface area contributed by atoms with Crippen molar-refractivity contribution in [3.63, 3.8) is 0 Å². The van der Waals surface area contributed by atoms with Crippen molar-refractivity contribution in [2.45, 2.75) is 4.90 Å². The predicted molar refractivity (Wildman–Crippen MR) is 125 cm³/mol. The van der Waals surface area contributed by atoms with Crippen molar-refractivity contribution in [2.24, 2.45) is 0 Å². The second kappa shape index (κ2) is 11.5. The number of nitriles is 1. The van der Waals surface area contributed by atoms with Crippen LogP contribution in [0.4, 0.5) is 0 Å². The molecule has 0 aliphatic heterocycles. The summed E-state index contributed by atoms with van der Waals surface area (Å²) in [6.07, 6.45) is -0.432. The van der Waals surface area contributed by atoms with E-state index in [1.54, 1.807) is 78.9 Å². The van der Waals surface area contributed by atoms with Gasteiger partial charge in [-0.05, 0) is 36.4 Å². The van der Waals surface area contributed by atoms with Crippen molar-refractivity contribution in [2.75, 3.05) is 27.1 Å². The van der Waals surface area contributed by atoms with E-state index >= 15 is 0 Å². The third kappa shape index (κ3) is 6.36. The normalized spacial score (nSPS) is 11.9. The number of ether oxygens (including phenoxy) is 2. The van der Waals surface area contributed by atoms with Crippen LogP contribution in [0.2, 0.25) is 0 Å². The Morgan fingerprint density at radius 3 is 1.73 bits per heavy atom. The summed E-state index contributed by atoms with van der Waals surface area (Å²) < 4.78 is 50.8. The van der Waals surface area contributed by atoms with Crippen LogP contribution in [0.3, 0.4) is 0 Å². The maximum atomic E-state index is 14.1. The summed E-state index contributed by atoms with van der Waals surface area (Å²) >= 11 is 0. The zero-order valence-electron chi connectivity index (χ0n) is 18.1. The van der Waals surface area contributed by atoms with E-state index in [1.165, 1.54) is 18.5 Å². The van der Waals surface area contributed by atoms with Crippen LogP contribution < -0.4 is 18.5 Å². The number of hydrogen-bond donors (Lipinski definition) is 0. The van der Waals surface area contributed by atoms with Gasteiger partial charge in [0.25, 0.3) is 0 Å². The number of methoxy groups -OCH3 is 2. The molecular formula is C23H23N2O6PS. The molecule has 10 heteroatoms. The van der Waals surface area contributed by atoms with Gasteiger partial charge < -0.3 is 18.5 Å². The lowest BCUT2D eigenvalue weighted by molar-refractivity contribution is 0.336. The number of nitrogens with zero attached hydrogens (tertiary/aromatic N) is 2. The number of hydrogen-bond acceptors (Lipinski definition) is 7. The van der Waals surface area contributed by atoms with E-state index in [0.717, 1.165) is 0 Å². The van der Waals surface area contributed by atoms with Crippen molar-refractivity contribution in [1.82, 2.24) is 4.31 Å². The zero-order valence-corrected chi connectivity index (χ0v) is 19.8. The first-order valence-electron chi connectivity index (χ1n) is 9.83. The highest BCUT2D eigenvalue weighted by Crippen LogP contribution is 2.52. The van der Waals surface area contributed by atoms with Gasteiger partial charge in [0.05, 0.1) is 31.7 Å². The minimum absolute atomic E-state index is 0.181. The van der Waals surface area contributed by atoms with Gasteiger partial charge >= 0.3 is 7.60 Å². The molecule has 0 aliphatic carbocycles. The monoisotopic (exact) mass is 486 g/mol. The molecule has 0 fully saturated rings. The van der Waals surface area contributed by atoms with Gasteiger partial charge in [0.15, 0.2) is 23.0 Å². The van der Waals surface area contributed by atoms with Gasteiger partial charge in [0.1, 0.15) is 17.3 Å². The Balaban J connectivity index is 2.00. The van der Waals surface area contributed by atoms with E-state index in [1.807, 2.05) is 6.07 Å². The maximum absolute atomic E-state index is 14.1. The summed E-state index contributed by atoms with van der Waals surface area (Å²) in [5.41, 5.74) is 0. The van der Waals surface area contributed by atoms with E-state index in [2.05, 4.69) is 0 Å². The van der Waals surface area contributed by atoms with Gasteiger partial charge in [0, 0.05) is 0 Å². The van der Waals surface area contributed by atoms with E-state index in [0.29, 0.717) is 16.4 Å². The molecule has 0 N–H and O–H groups in total. The van der Waals surface area contributed by atoms with Crippen molar-refractivity contribution < 1.29 is 27.3 Å². The molecule has 8 nitrogen and oxygen atoms in total. The fraction of sp³-hybridized carbons (Fsp3) is 0.174. The Morgan fingerprint density at radius 2 is 1.27 bits per heavy atom. The molecule has 0 aliphatic rings.